The first-order chi connectivity index (χ1) is 30.4. The second-order valence-corrected chi connectivity index (χ2v) is 16.6. The van der Waals surface area contributed by atoms with Gasteiger partial charge in [0.2, 0.25) is 5.60 Å². The van der Waals surface area contributed by atoms with Crippen LogP contribution in [0.3, 0.4) is 0 Å². The van der Waals surface area contributed by atoms with Crippen LogP contribution in [0, 0.1) is 18.3 Å². The summed E-state index contributed by atoms with van der Waals surface area (Å²) in [7, 11) is 1.55. The molecule has 1 unspecified atom stereocenters. The van der Waals surface area contributed by atoms with Crippen molar-refractivity contribution >= 4 is 20.4 Å². The Hall–Kier alpha value is -5.61. The van der Waals surface area contributed by atoms with Gasteiger partial charge in [-0.3, -0.25) is 19.1 Å². The van der Waals surface area contributed by atoms with Gasteiger partial charge in [-0.25, -0.2) is 14.3 Å². The summed E-state index contributed by atoms with van der Waals surface area (Å²) in [5.41, 5.74) is -4.89. The van der Waals surface area contributed by atoms with E-state index >= 15 is 0 Å². The van der Waals surface area contributed by atoms with E-state index in [-0.39, 0.29) is 30.7 Å². The standard InChI is InChI=1S/C44H51F3N5O11P/c1-27(2)52(28(3)4)64(61-24-12-23-48)63-36-35(49-39(54)44(45,46)47)38(51-25-29(5)37(53)50-41(51)56)62-42(36,40(55)59-8)26-60-43(30-13-10-9-11-14-30,31-15-19-33(57-6)20-16-31)32-17-21-34(58-7)22-18-32/h9-11,13-22,25,27-28,35-36,38H,12,24,26H2,1-8H3,(H,49,54)(H,50,53,56)/t35-,36+,38-,42-,64?/m1/s1. The van der Waals surface area contributed by atoms with Gasteiger partial charge in [0.1, 0.15) is 29.2 Å². The molecule has 16 nitrogen and oxygen atoms in total. The van der Waals surface area contributed by atoms with Crippen molar-refractivity contribution in [2.75, 3.05) is 34.5 Å². The van der Waals surface area contributed by atoms with Crippen molar-refractivity contribution in [3.8, 4) is 17.6 Å². The number of alkyl halides is 3. The van der Waals surface area contributed by atoms with E-state index in [1.165, 1.54) is 21.1 Å². The number of halogens is 3. The Morgan fingerprint density at radius 1 is 0.922 bits per heavy atom. The highest BCUT2D eigenvalue weighted by molar-refractivity contribution is 7.44. The fourth-order valence-electron chi connectivity index (χ4n) is 7.52. The fourth-order valence-corrected chi connectivity index (χ4v) is 9.33. The van der Waals surface area contributed by atoms with Crippen LogP contribution < -0.4 is 26.0 Å². The van der Waals surface area contributed by atoms with Crippen LogP contribution >= 0.6 is 8.53 Å². The molecule has 2 heterocycles. The van der Waals surface area contributed by atoms with Gasteiger partial charge in [-0.2, -0.15) is 18.4 Å². The van der Waals surface area contributed by atoms with Crippen molar-refractivity contribution in [2.45, 2.75) is 88.9 Å². The molecule has 5 atom stereocenters. The van der Waals surface area contributed by atoms with Crippen molar-refractivity contribution in [1.29, 1.82) is 5.26 Å². The largest absolute Gasteiger partial charge is 0.497 e. The molecule has 1 aliphatic rings. The third kappa shape index (κ3) is 10.3. The second kappa shape index (κ2) is 20.9. The van der Waals surface area contributed by atoms with Crippen LogP contribution in [0.25, 0.3) is 0 Å². The molecule has 0 radical (unpaired) electrons. The lowest BCUT2D eigenvalue weighted by Crippen LogP contribution is -2.59. The average molecular weight is 914 g/mol. The van der Waals surface area contributed by atoms with E-state index < -0.39 is 74.0 Å². The first-order valence-electron chi connectivity index (χ1n) is 20.1. The molecule has 1 amide bonds. The topological polar surface area (TPSA) is 193 Å². The van der Waals surface area contributed by atoms with Gasteiger partial charge in [0, 0.05) is 23.8 Å². The Morgan fingerprint density at radius 2 is 1.47 bits per heavy atom. The van der Waals surface area contributed by atoms with Gasteiger partial charge in [-0.1, -0.05) is 54.6 Å². The molecular weight excluding hydrogens is 862 g/mol. The Balaban J connectivity index is 1.86. The summed E-state index contributed by atoms with van der Waals surface area (Å²) in [6.07, 6.45) is -8.62. The van der Waals surface area contributed by atoms with E-state index in [4.69, 9.17) is 32.7 Å². The number of benzene rings is 3. The maximum absolute atomic E-state index is 14.8. The Bertz CT molecular complexity index is 2320. The molecule has 0 saturated carbocycles. The third-order valence-electron chi connectivity index (χ3n) is 10.5. The number of nitriles is 1. The Morgan fingerprint density at radius 3 is 1.95 bits per heavy atom. The van der Waals surface area contributed by atoms with E-state index in [9.17, 15) is 37.6 Å². The quantitative estimate of drug-likeness (QED) is 0.0481. The number of aromatic nitrogens is 2. The molecule has 0 aliphatic carbocycles. The molecular formula is C44H51F3N5O11P. The first kappa shape index (κ1) is 49.4. The number of hydrogen-bond donors (Lipinski definition) is 2. The minimum absolute atomic E-state index is 0.0663. The highest BCUT2D eigenvalue weighted by Crippen LogP contribution is 2.53. The van der Waals surface area contributed by atoms with Crippen LogP contribution in [0.1, 0.15) is 62.6 Å². The molecule has 0 bridgehead atoms. The lowest BCUT2D eigenvalue weighted by Gasteiger charge is -2.42. The number of esters is 1. The maximum atomic E-state index is 14.8. The zero-order valence-corrected chi connectivity index (χ0v) is 37.4. The Kier molecular flexibility index (Phi) is 16.2. The number of carbonyl (C=O) groups is 2. The number of aromatic amines is 1. The summed E-state index contributed by atoms with van der Waals surface area (Å²) >= 11 is 0. The number of amides is 1. The number of nitrogens with zero attached hydrogens (tertiary/aromatic N) is 3. The number of H-pyrrole nitrogens is 1. The van der Waals surface area contributed by atoms with Crippen LogP contribution in [0.2, 0.25) is 0 Å². The van der Waals surface area contributed by atoms with Crippen molar-refractivity contribution in [2.24, 2.45) is 0 Å². The van der Waals surface area contributed by atoms with Gasteiger partial charge in [0.05, 0.1) is 47.0 Å². The molecule has 1 saturated heterocycles. The molecule has 64 heavy (non-hydrogen) atoms. The lowest BCUT2D eigenvalue weighted by molar-refractivity contribution is -0.197. The summed E-state index contributed by atoms with van der Waals surface area (Å²) < 4.78 is 88.5. The summed E-state index contributed by atoms with van der Waals surface area (Å²) in [5, 5.41) is 11.4. The predicted molar refractivity (Wildman–Crippen MR) is 227 cm³/mol. The summed E-state index contributed by atoms with van der Waals surface area (Å²) in [6, 6.07) is 21.7. The number of rotatable bonds is 19. The summed E-state index contributed by atoms with van der Waals surface area (Å²) in [5.74, 6) is -2.71. The molecule has 0 spiro atoms. The van der Waals surface area contributed by atoms with Gasteiger partial charge in [-0.05, 0) is 75.6 Å². The number of ether oxygens (including phenoxy) is 5. The molecule has 3 aromatic carbocycles. The zero-order chi connectivity index (χ0) is 47.0. The number of hydrogen-bond acceptors (Lipinski definition) is 13. The van der Waals surface area contributed by atoms with Gasteiger partial charge in [0.25, 0.3) is 14.1 Å². The van der Waals surface area contributed by atoms with Crippen LogP contribution in [0.15, 0.2) is 94.6 Å². The fraction of sp³-hybridized carbons (Fsp3) is 0.432. The molecule has 1 aromatic heterocycles. The van der Waals surface area contributed by atoms with Gasteiger partial charge in [-0.15, -0.1) is 0 Å². The van der Waals surface area contributed by atoms with E-state index in [1.807, 2.05) is 11.4 Å². The van der Waals surface area contributed by atoms with Crippen LogP contribution in [-0.2, 0) is 38.4 Å². The van der Waals surface area contributed by atoms with E-state index in [2.05, 4.69) is 4.98 Å². The minimum Gasteiger partial charge on any atom is -0.497 e. The van der Waals surface area contributed by atoms with Crippen molar-refractivity contribution in [3.05, 3.63) is 128 Å². The first-order valence-corrected chi connectivity index (χ1v) is 21.2. The highest BCUT2D eigenvalue weighted by Gasteiger charge is 2.66. The molecule has 1 aliphatic heterocycles. The van der Waals surface area contributed by atoms with Gasteiger partial charge in [0.15, 0.2) is 6.23 Å². The van der Waals surface area contributed by atoms with Crippen LogP contribution in [0.5, 0.6) is 11.5 Å². The Labute approximate surface area is 369 Å². The molecule has 1 fully saturated rings. The molecule has 20 heteroatoms. The second-order valence-electron chi connectivity index (χ2n) is 15.2. The minimum atomic E-state index is -5.49. The number of nitrogens with one attached hydrogen (secondary N) is 2. The third-order valence-corrected chi connectivity index (χ3v) is 12.6. The van der Waals surface area contributed by atoms with Crippen molar-refractivity contribution in [3.63, 3.8) is 0 Å². The summed E-state index contributed by atoms with van der Waals surface area (Å²) in [4.78, 5) is 56.3. The summed E-state index contributed by atoms with van der Waals surface area (Å²) in [6.45, 7) is 7.46. The monoisotopic (exact) mass is 913 g/mol. The predicted octanol–water partition coefficient (Wildman–Crippen LogP) is 6.02. The van der Waals surface area contributed by atoms with Gasteiger partial charge < -0.3 is 38.0 Å². The maximum Gasteiger partial charge on any atom is 0.471 e. The van der Waals surface area contributed by atoms with Crippen molar-refractivity contribution < 1.29 is 55.5 Å². The normalized spacial score (nSPS) is 19.4. The number of aryl methyl sites for hydroxylation is 1. The zero-order valence-electron chi connectivity index (χ0n) is 36.5. The average Bonchev–Trinajstić information content (AvgIpc) is 3.57. The number of carbonyl (C=O) groups excluding carboxylic acids is 2. The van der Waals surface area contributed by atoms with Gasteiger partial charge >= 0.3 is 23.7 Å². The van der Waals surface area contributed by atoms with Crippen LogP contribution in [-0.4, -0.2) is 96.6 Å². The number of methoxy groups -OCH3 is 3. The SMILES string of the molecule is COC(=O)[C@]1(COC(c2ccccc2)(c2ccc(OC)cc2)c2ccc(OC)cc2)O[C@@H](n2cc(C)c(=O)[nH]c2=O)[C@H](NC(=O)C(F)(F)F)[C@@H]1OP(OCCC#N)N(C(C)C)C(C)C. The van der Waals surface area contributed by atoms with E-state index in [0.717, 1.165) is 17.9 Å². The molecule has 2 N–H and O–H groups in total. The van der Waals surface area contributed by atoms with Crippen molar-refractivity contribution in [1.82, 2.24) is 19.5 Å². The van der Waals surface area contributed by atoms with E-state index in [1.54, 1.807) is 111 Å². The molecule has 344 valence electrons. The molecule has 5 rings (SSSR count). The lowest BCUT2D eigenvalue weighted by atomic mass is 9.79. The highest BCUT2D eigenvalue weighted by atomic mass is 31.2. The molecule has 4 aromatic rings. The van der Waals surface area contributed by atoms with Crippen LogP contribution in [0.4, 0.5) is 13.2 Å². The van der Waals surface area contributed by atoms with E-state index in [0.29, 0.717) is 28.2 Å². The smallest absolute Gasteiger partial charge is 0.471 e.